The van der Waals surface area contributed by atoms with Crippen LogP contribution in [0.4, 0.5) is 0 Å². The van der Waals surface area contributed by atoms with Crippen LogP contribution in [-0.4, -0.2) is 37.2 Å². The SMILES string of the molecule is COc1cccc(CN2CCNC(C)(C)C2)c1. The summed E-state index contributed by atoms with van der Waals surface area (Å²) >= 11 is 0. The van der Waals surface area contributed by atoms with Gasteiger partial charge in [-0.25, -0.2) is 0 Å². The standard InChI is InChI=1S/C14H22N2O/c1-14(2)11-16(8-7-15-14)10-12-5-4-6-13(9-12)17-3/h4-6,9,15H,7-8,10-11H2,1-3H3. The van der Waals surface area contributed by atoms with E-state index in [1.807, 2.05) is 6.07 Å². The van der Waals surface area contributed by atoms with Gasteiger partial charge in [0.1, 0.15) is 5.75 Å². The maximum Gasteiger partial charge on any atom is 0.119 e. The molecule has 1 N–H and O–H groups in total. The highest BCUT2D eigenvalue weighted by Crippen LogP contribution is 2.17. The Labute approximate surface area is 104 Å². The summed E-state index contributed by atoms with van der Waals surface area (Å²) in [6, 6.07) is 8.33. The number of ether oxygens (including phenoxy) is 1. The van der Waals surface area contributed by atoms with E-state index in [0.717, 1.165) is 31.9 Å². The quantitative estimate of drug-likeness (QED) is 0.864. The molecule has 1 aromatic rings. The number of piperazine rings is 1. The molecule has 0 saturated carbocycles. The van der Waals surface area contributed by atoms with Crippen molar-refractivity contribution in [2.75, 3.05) is 26.7 Å². The topological polar surface area (TPSA) is 24.5 Å². The van der Waals surface area contributed by atoms with Crippen molar-refractivity contribution in [2.45, 2.75) is 25.9 Å². The van der Waals surface area contributed by atoms with E-state index < -0.39 is 0 Å². The molecule has 0 spiro atoms. The third kappa shape index (κ3) is 3.45. The molecular weight excluding hydrogens is 212 g/mol. The van der Waals surface area contributed by atoms with Crippen molar-refractivity contribution in [3.05, 3.63) is 29.8 Å². The zero-order valence-corrected chi connectivity index (χ0v) is 11.0. The summed E-state index contributed by atoms with van der Waals surface area (Å²) in [6.07, 6.45) is 0. The van der Waals surface area contributed by atoms with Gasteiger partial charge in [0.25, 0.3) is 0 Å². The molecule has 0 amide bonds. The molecular formula is C14H22N2O. The molecule has 2 rings (SSSR count). The van der Waals surface area contributed by atoms with Gasteiger partial charge in [-0.2, -0.15) is 0 Å². The normalized spacial score (nSPS) is 20.2. The van der Waals surface area contributed by atoms with Crippen molar-refractivity contribution < 1.29 is 4.74 Å². The van der Waals surface area contributed by atoms with Crippen LogP contribution in [-0.2, 0) is 6.54 Å². The summed E-state index contributed by atoms with van der Waals surface area (Å²) < 4.78 is 5.25. The summed E-state index contributed by atoms with van der Waals surface area (Å²) in [6.45, 7) is 8.78. The summed E-state index contributed by atoms with van der Waals surface area (Å²) in [5, 5.41) is 3.53. The van der Waals surface area contributed by atoms with E-state index in [1.54, 1.807) is 7.11 Å². The smallest absolute Gasteiger partial charge is 0.119 e. The van der Waals surface area contributed by atoms with Crippen LogP contribution < -0.4 is 10.1 Å². The van der Waals surface area contributed by atoms with Crippen LogP contribution in [0, 0.1) is 0 Å². The van der Waals surface area contributed by atoms with Crippen LogP contribution >= 0.6 is 0 Å². The lowest BCUT2D eigenvalue weighted by atomic mass is 10.0. The summed E-state index contributed by atoms with van der Waals surface area (Å²) in [7, 11) is 1.72. The van der Waals surface area contributed by atoms with E-state index in [-0.39, 0.29) is 5.54 Å². The van der Waals surface area contributed by atoms with E-state index in [1.165, 1.54) is 5.56 Å². The maximum absolute atomic E-state index is 5.25. The monoisotopic (exact) mass is 234 g/mol. The molecule has 3 heteroatoms. The van der Waals surface area contributed by atoms with Crippen LogP contribution in [0.15, 0.2) is 24.3 Å². The van der Waals surface area contributed by atoms with Crippen molar-refractivity contribution in [3.8, 4) is 5.75 Å². The molecule has 17 heavy (non-hydrogen) atoms. The molecule has 1 aliphatic heterocycles. The third-order valence-corrected chi connectivity index (χ3v) is 3.19. The molecule has 0 atom stereocenters. The molecule has 1 heterocycles. The fourth-order valence-corrected chi connectivity index (χ4v) is 2.41. The van der Waals surface area contributed by atoms with Crippen molar-refractivity contribution in [3.63, 3.8) is 0 Å². The van der Waals surface area contributed by atoms with E-state index in [9.17, 15) is 0 Å². The van der Waals surface area contributed by atoms with Crippen LogP contribution in [0.3, 0.4) is 0 Å². The molecule has 1 aliphatic rings. The average Bonchev–Trinajstić information content (AvgIpc) is 2.28. The van der Waals surface area contributed by atoms with Gasteiger partial charge in [0, 0.05) is 31.7 Å². The highest BCUT2D eigenvalue weighted by atomic mass is 16.5. The predicted octanol–water partition coefficient (Wildman–Crippen LogP) is 1.88. The molecule has 0 radical (unpaired) electrons. The second kappa shape index (κ2) is 5.07. The lowest BCUT2D eigenvalue weighted by Gasteiger charge is -2.39. The molecule has 0 unspecified atom stereocenters. The lowest BCUT2D eigenvalue weighted by molar-refractivity contribution is 0.148. The van der Waals surface area contributed by atoms with E-state index in [0.29, 0.717) is 0 Å². The first-order chi connectivity index (χ1) is 8.09. The summed E-state index contributed by atoms with van der Waals surface area (Å²) in [4.78, 5) is 2.49. The molecule has 94 valence electrons. The Balaban J connectivity index is 2.00. The lowest BCUT2D eigenvalue weighted by Crippen LogP contribution is -2.56. The van der Waals surface area contributed by atoms with E-state index in [2.05, 4.69) is 42.3 Å². The minimum Gasteiger partial charge on any atom is -0.497 e. The minimum absolute atomic E-state index is 0.219. The molecule has 1 fully saturated rings. The Bertz CT molecular complexity index is 376. The number of nitrogens with zero attached hydrogens (tertiary/aromatic N) is 1. The van der Waals surface area contributed by atoms with Gasteiger partial charge in [-0.15, -0.1) is 0 Å². The molecule has 1 saturated heterocycles. The van der Waals surface area contributed by atoms with Gasteiger partial charge < -0.3 is 10.1 Å². The first-order valence-electron chi connectivity index (χ1n) is 6.19. The fraction of sp³-hybridized carbons (Fsp3) is 0.571. The molecule has 0 aromatic heterocycles. The third-order valence-electron chi connectivity index (χ3n) is 3.19. The maximum atomic E-state index is 5.25. The van der Waals surface area contributed by atoms with E-state index in [4.69, 9.17) is 4.74 Å². The Morgan fingerprint density at radius 3 is 2.94 bits per heavy atom. The Morgan fingerprint density at radius 1 is 1.41 bits per heavy atom. The van der Waals surface area contributed by atoms with Gasteiger partial charge in [0.15, 0.2) is 0 Å². The van der Waals surface area contributed by atoms with Gasteiger partial charge in [-0.05, 0) is 31.5 Å². The number of rotatable bonds is 3. The molecule has 1 aromatic carbocycles. The van der Waals surface area contributed by atoms with Crippen molar-refractivity contribution >= 4 is 0 Å². The Morgan fingerprint density at radius 2 is 2.24 bits per heavy atom. The summed E-state index contributed by atoms with van der Waals surface area (Å²) in [5.74, 6) is 0.942. The number of benzene rings is 1. The number of methoxy groups -OCH3 is 1. The van der Waals surface area contributed by atoms with Gasteiger partial charge in [-0.1, -0.05) is 12.1 Å². The van der Waals surface area contributed by atoms with Crippen LogP contribution in [0.2, 0.25) is 0 Å². The second-order valence-electron chi connectivity index (χ2n) is 5.37. The molecule has 0 bridgehead atoms. The number of hydrogen-bond acceptors (Lipinski definition) is 3. The zero-order valence-electron chi connectivity index (χ0n) is 11.0. The van der Waals surface area contributed by atoms with Crippen molar-refractivity contribution in [1.82, 2.24) is 10.2 Å². The zero-order chi connectivity index (χ0) is 12.3. The highest BCUT2D eigenvalue weighted by molar-refractivity contribution is 5.28. The second-order valence-corrected chi connectivity index (χ2v) is 5.37. The van der Waals surface area contributed by atoms with Gasteiger partial charge in [0.2, 0.25) is 0 Å². The Kier molecular flexibility index (Phi) is 3.69. The molecule has 0 aliphatic carbocycles. The molecule has 3 nitrogen and oxygen atoms in total. The number of hydrogen-bond donors (Lipinski definition) is 1. The van der Waals surface area contributed by atoms with Crippen LogP contribution in [0.25, 0.3) is 0 Å². The number of nitrogens with one attached hydrogen (secondary N) is 1. The van der Waals surface area contributed by atoms with Crippen molar-refractivity contribution in [1.29, 1.82) is 0 Å². The van der Waals surface area contributed by atoms with Gasteiger partial charge >= 0.3 is 0 Å². The minimum atomic E-state index is 0.219. The van der Waals surface area contributed by atoms with E-state index >= 15 is 0 Å². The largest absolute Gasteiger partial charge is 0.497 e. The van der Waals surface area contributed by atoms with Gasteiger partial charge in [0.05, 0.1) is 7.11 Å². The average molecular weight is 234 g/mol. The van der Waals surface area contributed by atoms with Crippen molar-refractivity contribution in [2.24, 2.45) is 0 Å². The highest BCUT2D eigenvalue weighted by Gasteiger charge is 2.25. The fourth-order valence-electron chi connectivity index (χ4n) is 2.41. The van der Waals surface area contributed by atoms with Crippen LogP contribution in [0.5, 0.6) is 5.75 Å². The Hall–Kier alpha value is -1.06. The van der Waals surface area contributed by atoms with Crippen LogP contribution in [0.1, 0.15) is 19.4 Å². The first-order valence-corrected chi connectivity index (χ1v) is 6.19. The van der Waals surface area contributed by atoms with Gasteiger partial charge in [-0.3, -0.25) is 4.90 Å². The first kappa shape index (κ1) is 12.4. The predicted molar refractivity (Wildman–Crippen MR) is 70.4 cm³/mol. The summed E-state index contributed by atoms with van der Waals surface area (Å²) in [5.41, 5.74) is 1.54.